The van der Waals surface area contributed by atoms with Crippen molar-refractivity contribution in [1.29, 1.82) is 0 Å². The van der Waals surface area contributed by atoms with Crippen molar-refractivity contribution < 1.29 is 9.53 Å². The third kappa shape index (κ3) is 4.85. The van der Waals surface area contributed by atoms with Crippen molar-refractivity contribution >= 4 is 23.3 Å². The van der Waals surface area contributed by atoms with Crippen molar-refractivity contribution in [2.45, 2.75) is 27.4 Å². The minimum absolute atomic E-state index is 0.311. The van der Waals surface area contributed by atoms with Gasteiger partial charge in [-0.15, -0.1) is 0 Å². The molecule has 2 amide bonds. The number of urea groups is 1. The lowest BCUT2D eigenvalue weighted by Crippen LogP contribution is -2.34. The van der Waals surface area contributed by atoms with Crippen LogP contribution in [0, 0.1) is 20.8 Å². The number of anilines is 1. The Bertz CT molecular complexity index is 1040. The van der Waals surface area contributed by atoms with Gasteiger partial charge in [0.15, 0.2) is 0 Å². The fourth-order valence-electron chi connectivity index (χ4n) is 3.08. The lowest BCUT2D eigenvalue weighted by molar-refractivity contribution is 0.252. The van der Waals surface area contributed by atoms with Crippen LogP contribution in [0.3, 0.4) is 0 Å². The maximum Gasteiger partial charge on any atom is 0.333 e. The Labute approximate surface area is 175 Å². The summed E-state index contributed by atoms with van der Waals surface area (Å²) in [5.41, 5.74) is 8.55. The van der Waals surface area contributed by atoms with E-state index >= 15 is 0 Å². The molecule has 0 aliphatic heterocycles. The van der Waals surface area contributed by atoms with E-state index in [1.165, 1.54) is 0 Å². The summed E-state index contributed by atoms with van der Waals surface area (Å²) in [5, 5.41) is 3.33. The summed E-state index contributed by atoms with van der Waals surface area (Å²) < 4.78 is 6.11. The maximum atomic E-state index is 11.6. The topological polar surface area (TPSA) is 89.3 Å². The molecule has 150 valence electrons. The highest BCUT2D eigenvalue weighted by Crippen LogP contribution is 2.31. The Morgan fingerprint density at radius 3 is 2.59 bits per heavy atom. The number of carbonyl (C=O) groups excluding carboxylic acids is 1. The third-order valence-corrected chi connectivity index (χ3v) is 4.91. The minimum Gasteiger partial charge on any atom is -0.489 e. The summed E-state index contributed by atoms with van der Waals surface area (Å²) in [7, 11) is 0. The SMILES string of the molecule is Cc1cc(-c2ccc(Cl)cn2)c(C)cc1OCc1c(C)cccc1NC(=O)NN. The summed E-state index contributed by atoms with van der Waals surface area (Å²) in [6.45, 7) is 6.29. The monoisotopic (exact) mass is 410 g/mol. The van der Waals surface area contributed by atoms with Gasteiger partial charge in [0.1, 0.15) is 12.4 Å². The van der Waals surface area contributed by atoms with Crippen molar-refractivity contribution in [2.24, 2.45) is 5.84 Å². The Morgan fingerprint density at radius 2 is 1.90 bits per heavy atom. The lowest BCUT2D eigenvalue weighted by Gasteiger charge is -2.17. The van der Waals surface area contributed by atoms with Gasteiger partial charge in [0.05, 0.1) is 10.7 Å². The summed E-state index contributed by atoms with van der Waals surface area (Å²) in [4.78, 5) is 16.0. The molecule has 3 rings (SSSR count). The van der Waals surface area contributed by atoms with Crippen molar-refractivity contribution in [1.82, 2.24) is 10.4 Å². The normalized spacial score (nSPS) is 10.5. The number of pyridine rings is 1. The Kier molecular flexibility index (Phi) is 6.36. The molecule has 0 fully saturated rings. The quantitative estimate of drug-likeness (QED) is 0.317. The highest BCUT2D eigenvalue weighted by molar-refractivity contribution is 6.30. The third-order valence-electron chi connectivity index (χ3n) is 4.69. The highest BCUT2D eigenvalue weighted by atomic mass is 35.5. The van der Waals surface area contributed by atoms with Gasteiger partial charge in [0, 0.05) is 23.0 Å². The molecule has 2 aromatic carbocycles. The Hall–Kier alpha value is -3.09. The minimum atomic E-state index is -0.483. The standard InChI is InChI=1S/C22H23ClN4O2/c1-13-5-4-6-20(26-22(28)27-24)18(13)12-29-21-10-14(2)17(9-15(21)3)19-8-7-16(23)11-25-19/h4-11H,12,24H2,1-3H3,(H2,26,27,28). The van der Waals surface area contributed by atoms with Crippen LogP contribution in [-0.2, 0) is 6.61 Å². The molecule has 0 aliphatic carbocycles. The first-order valence-corrected chi connectivity index (χ1v) is 9.49. The average Bonchev–Trinajstić information content (AvgIpc) is 2.70. The second-order valence-corrected chi connectivity index (χ2v) is 7.22. The number of aromatic nitrogens is 1. The van der Waals surface area contributed by atoms with Gasteiger partial charge in [-0.2, -0.15) is 0 Å². The lowest BCUT2D eigenvalue weighted by atomic mass is 10.0. The van der Waals surface area contributed by atoms with Crippen LogP contribution in [0.25, 0.3) is 11.3 Å². The maximum absolute atomic E-state index is 11.6. The van der Waals surface area contributed by atoms with E-state index in [-0.39, 0.29) is 0 Å². The number of carbonyl (C=O) groups is 1. The van der Waals surface area contributed by atoms with Gasteiger partial charge in [-0.05, 0) is 67.8 Å². The van der Waals surface area contributed by atoms with Crippen LogP contribution in [-0.4, -0.2) is 11.0 Å². The fourth-order valence-corrected chi connectivity index (χ4v) is 3.19. The van der Waals surface area contributed by atoms with Gasteiger partial charge in [0.2, 0.25) is 0 Å². The molecular formula is C22H23ClN4O2. The molecular weight excluding hydrogens is 388 g/mol. The van der Waals surface area contributed by atoms with Crippen LogP contribution in [0.1, 0.15) is 22.3 Å². The highest BCUT2D eigenvalue weighted by Gasteiger charge is 2.12. The average molecular weight is 411 g/mol. The van der Waals surface area contributed by atoms with Crippen molar-refractivity contribution in [3.63, 3.8) is 0 Å². The molecule has 0 radical (unpaired) electrons. The number of nitrogens with one attached hydrogen (secondary N) is 2. The number of amides is 2. The summed E-state index contributed by atoms with van der Waals surface area (Å²) in [6, 6.07) is 13.0. The molecule has 0 unspecified atom stereocenters. The number of hydrogen-bond acceptors (Lipinski definition) is 4. The van der Waals surface area contributed by atoms with Gasteiger partial charge >= 0.3 is 6.03 Å². The number of hydrazine groups is 1. The number of nitrogens with two attached hydrogens (primary N) is 1. The van der Waals surface area contributed by atoms with Crippen LogP contribution >= 0.6 is 11.6 Å². The zero-order valence-electron chi connectivity index (χ0n) is 16.5. The molecule has 0 atom stereocenters. The molecule has 0 saturated heterocycles. The zero-order valence-corrected chi connectivity index (χ0v) is 17.3. The van der Waals surface area contributed by atoms with E-state index in [0.29, 0.717) is 17.3 Å². The smallest absolute Gasteiger partial charge is 0.333 e. The number of nitrogens with zero attached hydrogens (tertiary/aromatic N) is 1. The molecule has 4 N–H and O–H groups in total. The van der Waals surface area contributed by atoms with E-state index < -0.39 is 6.03 Å². The van der Waals surface area contributed by atoms with Crippen LogP contribution in [0.4, 0.5) is 10.5 Å². The summed E-state index contributed by atoms with van der Waals surface area (Å²) >= 11 is 5.94. The molecule has 1 aromatic heterocycles. The first kappa shape index (κ1) is 20.6. The van der Waals surface area contributed by atoms with Crippen molar-refractivity contribution in [3.05, 3.63) is 75.9 Å². The molecule has 3 aromatic rings. The molecule has 1 heterocycles. The number of aryl methyl sites for hydroxylation is 3. The van der Waals surface area contributed by atoms with E-state index in [9.17, 15) is 4.79 Å². The largest absolute Gasteiger partial charge is 0.489 e. The second-order valence-electron chi connectivity index (χ2n) is 6.78. The van der Waals surface area contributed by atoms with Crippen LogP contribution in [0.15, 0.2) is 48.7 Å². The predicted molar refractivity (Wildman–Crippen MR) is 116 cm³/mol. The van der Waals surface area contributed by atoms with Crippen LogP contribution in [0.2, 0.25) is 5.02 Å². The number of ether oxygens (including phenoxy) is 1. The number of halogens is 1. The van der Waals surface area contributed by atoms with Crippen LogP contribution < -0.4 is 21.3 Å². The molecule has 29 heavy (non-hydrogen) atoms. The number of rotatable bonds is 5. The molecule has 0 bridgehead atoms. The first-order valence-electron chi connectivity index (χ1n) is 9.11. The van der Waals surface area contributed by atoms with Gasteiger partial charge in [-0.25, -0.2) is 10.6 Å². The predicted octanol–water partition coefficient (Wildman–Crippen LogP) is 4.90. The molecule has 0 saturated carbocycles. The van der Waals surface area contributed by atoms with Gasteiger partial charge in [-0.1, -0.05) is 23.7 Å². The molecule has 0 aliphatic rings. The van der Waals surface area contributed by atoms with Crippen molar-refractivity contribution in [2.75, 3.05) is 5.32 Å². The van der Waals surface area contributed by atoms with Gasteiger partial charge in [0.25, 0.3) is 0 Å². The van der Waals surface area contributed by atoms with E-state index in [2.05, 4.69) is 21.8 Å². The van der Waals surface area contributed by atoms with E-state index in [1.807, 2.05) is 57.2 Å². The Balaban J connectivity index is 1.84. The fraction of sp³-hybridized carbons (Fsp3) is 0.182. The van der Waals surface area contributed by atoms with Gasteiger partial charge < -0.3 is 10.1 Å². The van der Waals surface area contributed by atoms with E-state index in [1.54, 1.807) is 6.20 Å². The summed E-state index contributed by atoms with van der Waals surface area (Å²) in [5.74, 6) is 5.95. The van der Waals surface area contributed by atoms with E-state index in [4.69, 9.17) is 22.2 Å². The van der Waals surface area contributed by atoms with Gasteiger partial charge in [-0.3, -0.25) is 10.4 Å². The zero-order chi connectivity index (χ0) is 21.0. The first-order chi connectivity index (χ1) is 13.9. The second kappa shape index (κ2) is 8.94. The van der Waals surface area contributed by atoms with E-state index in [0.717, 1.165) is 39.3 Å². The van der Waals surface area contributed by atoms with Crippen molar-refractivity contribution in [3.8, 4) is 17.0 Å². The number of benzene rings is 2. The summed E-state index contributed by atoms with van der Waals surface area (Å²) in [6.07, 6.45) is 1.64. The number of hydrogen-bond donors (Lipinski definition) is 3. The van der Waals surface area contributed by atoms with Crippen LogP contribution in [0.5, 0.6) is 5.75 Å². The molecule has 0 spiro atoms. The Morgan fingerprint density at radius 1 is 1.10 bits per heavy atom. The molecule has 6 nitrogen and oxygen atoms in total. The molecule has 7 heteroatoms.